The summed E-state index contributed by atoms with van der Waals surface area (Å²) >= 11 is 3.33. The van der Waals surface area contributed by atoms with Gasteiger partial charge in [0.1, 0.15) is 5.82 Å². The van der Waals surface area contributed by atoms with Crippen molar-refractivity contribution in [2.75, 3.05) is 14.2 Å². The molecular weight excluding hydrogens is 363 g/mol. The van der Waals surface area contributed by atoms with E-state index < -0.39 is 0 Å². The number of ether oxygens (including phenoxy) is 2. The number of benzene rings is 2. The molecule has 0 heterocycles. The lowest BCUT2D eigenvalue weighted by atomic mass is 10.1. The number of fused-ring (bicyclic) bond motifs is 1. The van der Waals surface area contributed by atoms with Crippen LogP contribution in [0.4, 0.5) is 4.39 Å². The molecule has 1 aliphatic rings. The second kappa shape index (κ2) is 6.16. The Morgan fingerprint density at radius 3 is 2.61 bits per heavy atom. The molecule has 0 radical (unpaired) electrons. The molecule has 0 atom stereocenters. The van der Waals surface area contributed by atoms with E-state index in [4.69, 9.17) is 9.47 Å². The summed E-state index contributed by atoms with van der Waals surface area (Å²) in [5, 5.41) is 0. The minimum atomic E-state index is -0.363. The Kier molecular flexibility index (Phi) is 4.22. The summed E-state index contributed by atoms with van der Waals surface area (Å²) in [4.78, 5) is 12.6. The second-order valence-electron chi connectivity index (χ2n) is 5.14. The fourth-order valence-corrected chi connectivity index (χ4v) is 3.32. The number of methoxy groups -OCH3 is 2. The predicted molar refractivity (Wildman–Crippen MR) is 89.7 cm³/mol. The largest absolute Gasteiger partial charge is 0.493 e. The van der Waals surface area contributed by atoms with Crippen LogP contribution in [-0.4, -0.2) is 20.0 Å². The van der Waals surface area contributed by atoms with Crippen molar-refractivity contribution in [2.45, 2.75) is 6.42 Å². The molecule has 0 aromatic heterocycles. The first-order valence-corrected chi connectivity index (χ1v) is 7.79. The quantitative estimate of drug-likeness (QED) is 0.743. The molecular formula is C18H14BrFO3. The second-order valence-corrected chi connectivity index (χ2v) is 6.00. The van der Waals surface area contributed by atoms with Crippen LogP contribution in [0.2, 0.25) is 0 Å². The molecule has 23 heavy (non-hydrogen) atoms. The van der Waals surface area contributed by atoms with Gasteiger partial charge in [-0.25, -0.2) is 4.39 Å². The maximum absolute atomic E-state index is 14.0. The molecule has 0 aliphatic heterocycles. The van der Waals surface area contributed by atoms with Crippen molar-refractivity contribution in [1.29, 1.82) is 0 Å². The molecule has 0 N–H and O–H groups in total. The van der Waals surface area contributed by atoms with Gasteiger partial charge < -0.3 is 9.47 Å². The molecule has 0 fully saturated rings. The minimum Gasteiger partial charge on any atom is -0.493 e. The third-order valence-corrected chi connectivity index (χ3v) is 4.51. The van der Waals surface area contributed by atoms with Crippen molar-refractivity contribution in [3.05, 3.63) is 62.9 Å². The van der Waals surface area contributed by atoms with E-state index in [0.29, 0.717) is 32.7 Å². The van der Waals surface area contributed by atoms with Gasteiger partial charge in [-0.3, -0.25) is 4.79 Å². The van der Waals surface area contributed by atoms with E-state index in [9.17, 15) is 9.18 Å². The van der Waals surface area contributed by atoms with Gasteiger partial charge in [-0.15, -0.1) is 0 Å². The summed E-state index contributed by atoms with van der Waals surface area (Å²) in [6.07, 6.45) is 2.00. The van der Waals surface area contributed by atoms with Gasteiger partial charge in [0.05, 0.1) is 14.2 Å². The highest BCUT2D eigenvalue weighted by Crippen LogP contribution is 2.37. The lowest BCUT2D eigenvalue weighted by molar-refractivity contribution is 0.104. The number of rotatable bonds is 3. The molecule has 0 spiro atoms. The van der Waals surface area contributed by atoms with Crippen LogP contribution in [0.25, 0.3) is 6.08 Å². The Balaban J connectivity index is 2.09. The zero-order valence-corrected chi connectivity index (χ0v) is 14.2. The van der Waals surface area contributed by atoms with Gasteiger partial charge in [-0.2, -0.15) is 0 Å². The molecule has 0 unspecified atom stereocenters. The number of hydrogen-bond acceptors (Lipinski definition) is 3. The Bertz CT molecular complexity index is 827. The average molecular weight is 377 g/mol. The van der Waals surface area contributed by atoms with Crippen molar-refractivity contribution >= 4 is 27.8 Å². The molecule has 2 aromatic carbocycles. The first-order chi connectivity index (χ1) is 11.1. The van der Waals surface area contributed by atoms with Gasteiger partial charge in [-0.05, 0) is 24.3 Å². The summed E-state index contributed by atoms with van der Waals surface area (Å²) in [5.41, 5.74) is 2.08. The van der Waals surface area contributed by atoms with Gasteiger partial charge in [0, 0.05) is 33.2 Å². The van der Waals surface area contributed by atoms with Crippen molar-refractivity contribution in [3.63, 3.8) is 0 Å². The minimum absolute atomic E-state index is 0.170. The highest BCUT2D eigenvalue weighted by molar-refractivity contribution is 9.10. The maximum atomic E-state index is 14.0. The third-order valence-electron chi connectivity index (χ3n) is 3.85. The first kappa shape index (κ1) is 15.7. The summed E-state index contributed by atoms with van der Waals surface area (Å²) in [6, 6.07) is 8.35. The Hall–Kier alpha value is -2.14. The van der Waals surface area contributed by atoms with Crippen molar-refractivity contribution in [1.82, 2.24) is 0 Å². The van der Waals surface area contributed by atoms with Gasteiger partial charge in [0.2, 0.25) is 0 Å². The van der Waals surface area contributed by atoms with E-state index >= 15 is 0 Å². The Morgan fingerprint density at radius 1 is 1.17 bits per heavy atom. The topological polar surface area (TPSA) is 35.5 Å². The van der Waals surface area contributed by atoms with E-state index in [-0.39, 0.29) is 18.0 Å². The van der Waals surface area contributed by atoms with Gasteiger partial charge in [-0.1, -0.05) is 28.1 Å². The summed E-state index contributed by atoms with van der Waals surface area (Å²) in [7, 11) is 3.10. The molecule has 0 saturated heterocycles. The van der Waals surface area contributed by atoms with Gasteiger partial charge in [0.25, 0.3) is 0 Å². The molecule has 3 rings (SSSR count). The molecule has 0 saturated carbocycles. The highest BCUT2D eigenvalue weighted by Gasteiger charge is 2.30. The average Bonchev–Trinajstić information content (AvgIpc) is 2.89. The number of para-hydroxylation sites is 1. The van der Waals surface area contributed by atoms with Gasteiger partial charge in [0.15, 0.2) is 17.3 Å². The summed E-state index contributed by atoms with van der Waals surface area (Å²) in [6.45, 7) is 0. The molecule has 0 amide bonds. The Labute approximate surface area is 141 Å². The lowest BCUT2D eigenvalue weighted by Crippen LogP contribution is -1.98. The number of halogens is 2. The van der Waals surface area contributed by atoms with Crippen LogP contribution < -0.4 is 9.47 Å². The van der Waals surface area contributed by atoms with E-state index in [1.165, 1.54) is 6.07 Å². The molecule has 2 aromatic rings. The lowest BCUT2D eigenvalue weighted by Gasteiger charge is -2.10. The maximum Gasteiger partial charge on any atom is 0.190 e. The number of hydrogen-bond donors (Lipinski definition) is 0. The zero-order valence-electron chi connectivity index (χ0n) is 12.7. The van der Waals surface area contributed by atoms with E-state index in [0.717, 1.165) is 5.56 Å². The van der Waals surface area contributed by atoms with Crippen LogP contribution in [0.3, 0.4) is 0 Å². The van der Waals surface area contributed by atoms with Crippen LogP contribution >= 0.6 is 15.9 Å². The van der Waals surface area contributed by atoms with Crippen molar-refractivity contribution in [3.8, 4) is 11.5 Å². The molecule has 0 bridgehead atoms. The monoisotopic (exact) mass is 376 g/mol. The zero-order chi connectivity index (χ0) is 16.6. The van der Waals surface area contributed by atoms with Gasteiger partial charge >= 0.3 is 0 Å². The highest BCUT2D eigenvalue weighted by atomic mass is 79.9. The predicted octanol–water partition coefficient (Wildman–Crippen LogP) is 4.43. The van der Waals surface area contributed by atoms with E-state index in [1.54, 1.807) is 32.4 Å². The van der Waals surface area contributed by atoms with Crippen molar-refractivity contribution < 1.29 is 18.7 Å². The number of ketones is 1. The number of carbonyl (C=O) groups is 1. The van der Waals surface area contributed by atoms with Crippen LogP contribution in [0.1, 0.15) is 21.5 Å². The van der Waals surface area contributed by atoms with E-state index in [1.807, 2.05) is 12.1 Å². The Morgan fingerprint density at radius 2 is 1.96 bits per heavy atom. The van der Waals surface area contributed by atoms with E-state index in [2.05, 4.69) is 15.9 Å². The first-order valence-electron chi connectivity index (χ1n) is 7.00. The fourth-order valence-electron chi connectivity index (χ4n) is 2.77. The van der Waals surface area contributed by atoms with Crippen LogP contribution in [0.15, 0.2) is 40.4 Å². The van der Waals surface area contributed by atoms with Crippen LogP contribution in [0.5, 0.6) is 11.5 Å². The summed E-state index contributed by atoms with van der Waals surface area (Å²) in [5.74, 6) is 0.594. The van der Waals surface area contributed by atoms with Crippen molar-refractivity contribution in [2.24, 2.45) is 0 Å². The molecule has 118 valence electrons. The fraction of sp³-hybridized carbons (Fsp3) is 0.167. The van der Waals surface area contributed by atoms with Crippen LogP contribution in [-0.2, 0) is 6.42 Å². The number of allylic oxidation sites excluding steroid dienone is 1. The third kappa shape index (κ3) is 2.65. The SMILES string of the molecule is COc1cccc(/C=C2\Cc3c(F)ccc(Br)c3C2=O)c1OC. The normalized spacial score (nSPS) is 15.0. The number of Topliss-reactive ketones (excluding diaryl/α,β-unsaturated/α-hetero) is 1. The molecule has 1 aliphatic carbocycles. The smallest absolute Gasteiger partial charge is 0.190 e. The standard InChI is InChI=1S/C18H14BrFO3/c1-22-15-5-3-4-10(18(15)23-2)8-11-9-12-14(20)7-6-13(19)16(12)17(11)21/h3-8H,9H2,1-2H3/b11-8+. The number of carbonyl (C=O) groups excluding carboxylic acids is 1. The molecule has 3 nitrogen and oxygen atoms in total. The molecule has 5 heteroatoms. The van der Waals surface area contributed by atoms with Crippen LogP contribution in [0, 0.1) is 5.82 Å². The summed E-state index contributed by atoms with van der Waals surface area (Å²) < 4.78 is 25.2.